The minimum Gasteiger partial charge on any atom is -0.457 e. The Morgan fingerprint density at radius 2 is 1.71 bits per heavy atom. The first-order chi connectivity index (χ1) is 15.7. The molecule has 186 valence electrons. The summed E-state index contributed by atoms with van der Waals surface area (Å²) in [5.41, 5.74) is 0.116. The van der Waals surface area contributed by atoms with Gasteiger partial charge in [-0.2, -0.15) is 0 Å². The lowest BCUT2D eigenvalue weighted by Gasteiger charge is -2.41. The van der Waals surface area contributed by atoms with Gasteiger partial charge in [0.1, 0.15) is 17.2 Å². The summed E-state index contributed by atoms with van der Waals surface area (Å²) >= 11 is 0. The molecule has 2 aliphatic rings. The van der Waals surface area contributed by atoms with Crippen molar-refractivity contribution in [3.05, 3.63) is 58.7 Å². The quantitative estimate of drug-likeness (QED) is 0.434. The zero-order valence-electron chi connectivity index (χ0n) is 20.2. The fourth-order valence-corrected chi connectivity index (χ4v) is 7.57. The number of aryl methyl sites for hydroxylation is 1. The minimum absolute atomic E-state index is 0.0104. The molecule has 1 aliphatic heterocycles. The average Bonchev–Trinajstić information content (AvgIpc) is 2.72. The average molecular weight is 495 g/mol. The summed E-state index contributed by atoms with van der Waals surface area (Å²) in [5.74, 6) is -1.53. The van der Waals surface area contributed by atoms with Gasteiger partial charge in [-0.15, -0.1) is 0 Å². The maximum atomic E-state index is 14.4. The molecule has 1 saturated heterocycles. The van der Waals surface area contributed by atoms with Crippen molar-refractivity contribution in [1.82, 2.24) is 0 Å². The molecule has 4 rings (SSSR count). The molecule has 3 atom stereocenters. The summed E-state index contributed by atoms with van der Waals surface area (Å²) in [4.78, 5) is 0. The van der Waals surface area contributed by atoms with Crippen LogP contribution in [0.3, 0.4) is 0 Å². The number of fused-ring (bicyclic) bond motifs is 1. The second kappa shape index (κ2) is 8.89. The lowest BCUT2D eigenvalue weighted by Crippen LogP contribution is -2.39. The van der Waals surface area contributed by atoms with Crippen molar-refractivity contribution in [3.63, 3.8) is 0 Å². The molecular weight excluding hydrogens is 461 g/mol. The Balaban J connectivity index is 1.62. The molecule has 0 radical (unpaired) electrons. The fraction of sp³-hybridized carbons (Fsp3) is 0.556. The standard InChI is InChI=1S/C27H33F3O3S/c1-17-14-20(33-25-11-8-19(26(2,3)28)15-24(25)27(4,29)30)9-10-21(17)22-7-5-6-18-12-13-34(31,32)16-23(18)22/h8-11,14-15,18,22-23H,5-7,12-13,16H2,1-4H3. The first-order valence-corrected chi connectivity index (χ1v) is 13.8. The SMILES string of the molecule is Cc1cc(Oc2ccc(C(C)(C)F)cc2C(C)(F)F)ccc1C1CCCC2CCS(=O)(=O)CC21. The van der Waals surface area contributed by atoms with Crippen molar-refractivity contribution in [2.75, 3.05) is 11.5 Å². The predicted octanol–water partition coefficient (Wildman–Crippen LogP) is 7.42. The number of rotatable bonds is 5. The third-order valence-electron chi connectivity index (χ3n) is 7.47. The van der Waals surface area contributed by atoms with E-state index in [1.54, 1.807) is 6.07 Å². The van der Waals surface area contributed by atoms with Gasteiger partial charge in [-0.25, -0.2) is 21.6 Å². The van der Waals surface area contributed by atoms with E-state index in [2.05, 4.69) is 0 Å². The lowest BCUT2D eigenvalue weighted by atomic mass is 9.68. The second-order valence-electron chi connectivity index (χ2n) is 10.6. The Labute approximate surface area is 200 Å². The minimum atomic E-state index is -3.20. The van der Waals surface area contributed by atoms with Crippen LogP contribution in [0.1, 0.15) is 74.6 Å². The summed E-state index contributed by atoms with van der Waals surface area (Å²) < 4.78 is 73.6. The summed E-state index contributed by atoms with van der Waals surface area (Å²) in [6, 6.07) is 9.56. The molecule has 0 amide bonds. The van der Waals surface area contributed by atoms with Gasteiger partial charge in [0.15, 0.2) is 9.84 Å². The maximum absolute atomic E-state index is 14.4. The Hall–Kier alpha value is -2.02. The Morgan fingerprint density at radius 3 is 2.35 bits per heavy atom. The summed E-state index contributed by atoms with van der Waals surface area (Å²) in [6.45, 7) is 5.38. The van der Waals surface area contributed by atoms with E-state index in [4.69, 9.17) is 4.74 Å². The first-order valence-electron chi connectivity index (χ1n) is 12.0. The maximum Gasteiger partial charge on any atom is 0.274 e. The van der Waals surface area contributed by atoms with Crippen LogP contribution >= 0.6 is 0 Å². The van der Waals surface area contributed by atoms with E-state index in [9.17, 15) is 21.6 Å². The van der Waals surface area contributed by atoms with E-state index in [0.29, 0.717) is 11.7 Å². The van der Waals surface area contributed by atoms with Crippen molar-refractivity contribution in [1.29, 1.82) is 0 Å². The molecule has 0 N–H and O–H groups in total. The lowest BCUT2D eigenvalue weighted by molar-refractivity contribution is 0.0152. The van der Waals surface area contributed by atoms with Crippen LogP contribution in [0.15, 0.2) is 36.4 Å². The smallest absolute Gasteiger partial charge is 0.274 e. The van der Waals surface area contributed by atoms with Crippen LogP contribution in [0.25, 0.3) is 0 Å². The number of hydrogen-bond donors (Lipinski definition) is 0. The van der Waals surface area contributed by atoms with Crippen molar-refractivity contribution in [3.8, 4) is 11.5 Å². The molecule has 2 aromatic rings. The molecule has 3 nitrogen and oxygen atoms in total. The van der Waals surface area contributed by atoms with Crippen molar-refractivity contribution in [2.24, 2.45) is 11.8 Å². The van der Waals surface area contributed by atoms with E-state index >= 15 is 0 Å². The Bertz CT molecular complexity index is 1160. The monoisotopic (exact) mass is 494 g/mol. The largest absolute Gasteiger partial charge is 0.457 e. The van der Waals surface area contributed by atoms with E-state index in [1.165, 1.54) is 32.0 Å². The molecule has 0 spiro atoms. The zero-order valence-corrected chi connectivity index (χ0v) is 21.0. The van der Waals surface area contributed by atoms with Gasteiger partial charge in [0.05, 0.1) is 17.1 Å². The van der Waals surface area contributed by atoms with Crippen LogP contribution < -0.4 is 4.74 Å². The summed E-state index contributed by atoms with van der Waals surface area (Å²) in [5, 5.41) is 0. The first kappa shape index (κ1) is 25.1. The molecule has 2 aromatic carbocycles. The van der Waals surface area contributed by atoms with Gasteiger partial charge in [-0.3, -0.25) is 0 Å². The van der Waals surface area contributed by atoms with Gasteiger partial charge in [0.2, 0.25) is 0 Å². The zero-order chi connectivity index (χ0) is 24.9. The number of alkyl halides is 3. The van der Waals surface area contributed by atoms with Gasteiger partial charge < -0.3 is 4.74 Å². The van der Waals surface area contributed by atoms with E-state index in [-0.39, 0.29) is 40.2 Å². The third-order valence-corrected chi connectivity index (χ3v) is 9.22. The summed E-state index contributed by atoms with van der Waals surface area (Å²) in [6.07, 6.45) is 3.85. The van der Waals surface area contributed by atoms with Gasteiger partial charge in [-0.05, 0) is 92.3 Å². The van der Waals surface area contributed by atoms with E-state index < -0.39 is 21.4 Å². The summed E-state index contributed by atoms with van der Waals surface area (Å²) in [7, 11) is -3.01. The predicted molar refractivity (Wildman–Crippen MR) is 128 cm³/mol. The number of ether oxygens (including phenoxy) is 1. The molecule has 7 heteroatoms. The van der Waals surface area contributed by atoms with Crippen LogP contribution in [0, 0.1) is 18.8 Å². The molecule has 1 saturated carbocycles. The molecule has 0 bridgehead atoms. The molecule has 1 heterocycles. The fourth-order valence-electron chi connectivity index (χ4n) is 5.65. The molecular formula is C27H33F3O3S. The van der Waals surface area contributed by atoms with Gasteiger partial charge in [-0.1, -0.05) is 25.0 Å². The van der Waals surface area contributed by atoms with Gasteiger partial charge in [0, 0.05) is 6.92 Å². The van der Waals surface area contributed by atoms with E-state index in [1.807, 2.05) is 19.1 Å². The molecule has 3 unspecified atom stereocenters. The molecule has 2 fully saturated rings. The highest BCUT2D eigenvalue weighted by Gasteiger charge is 2.41. The number of sulfone groups is 1. The third kappa shape index (κ3) is 5.29. The topological polar surface area (TPSA) is 43.4 Å². The Kier molecular flexibility index (Phi) is 6.56. The second-order valence-corrected chi connectivity index (χ2v) is 12.8. The number of hydrogen-bond acceptors (Lipinski definition) is 3. The van der Waals surface area contributed by atoms with Crippen molar-refractivity contribution in [2.45, 2.75) is 70.9 Å². The van der Waals surface area contributed by atoms with Gasteiger partial charge in [0.25, 0.3) is 5.92 Å². The molecule has 0 aromatic heterocycles. The number of halogens is 3. The normalized spacial score (nSPS) is 25.0. The highest BCUT2D eigenvalue weighted by atomic mass is 32.2. The van der Waals surface area contributed by atoms with Crippen LogP contribution in [0.4, 0.5) is 13.2 Å². The van der Waals surface area contributed by atoms with Crippen LogP contribution in [0.2, 0.25) is 0 Å². The number of benzene rings is 2. The molecule has 34 heavy (non-hydrogen) atoms. The van der Waals surface area contributed by atoms with Crippen molar-refractivity contribution >= 4 is 9.84 Å². The van der Waals surface area contributed by atoms with Gasteiger partial charge >= 0.3 is 0 Å². The highest BCUT2D eigenvalue weighted by Crippen LogP contribution is 2.47. The van der Waals surface area contributed by atoms with Crippen LogP contribution in [-0.2, 0) is 21.4 Å². The highest BCUT2D eigenvalue weighted by molar-refractivity contribution is 7.91. The van der Waals surface area contributed by atoms with E-state index in [0.717, 1.165) is 43.7 Å². The van der Waals surface area contributed by atoms with Crippen LogP contribution in [0.5, 0.6) is 11.5 Å². The Morgan fingerprint density at radius 1 is 0.971 bits per heavy atom. The van der Waals surface area contributed by atoms with Crippen LogP contribution in [-0.4, -0.2) is 19.9 Å². The van der Waals surface area contributed by atoms with Crippen molar-refractivity contribution < 1.29 is 26.3 Å². The molecule has 1 aliphatic carbocycles.